The van der Waals surface area contributed by atoms with E-state index < -0.39 is 0 Å². The van der Waals surface area contributed by atoms with Crippen LogP contribution in [0.25, 0.3) is 0 Å². The fourth-order valence-corrected chi connectivity index (χ4v) is 1.91. The Morgan fingerprint density at radius 1 is 1.42 bits per heavy atom. The summed E-state index contributed by atoms with van der Waals surface area (Å²) in [5.74, 6) is -0.255. The van der Waals surface area contributed by atoms with E-state index in [1.807, 2.05) is 16.9 Å². The van der Waals surface area contributed by atoms with E-state index in [1.165, 1.54) is 12.3 Å². The van der Waals surface area contributed by atoms with Crippen LogP contribution >= 0.6 is 23.2 Å². The highest BCUT2D eigenvalue weighted by Gasteiger charge is 2.10. The van der Waals surface area contributed by atoms with Crippen molar-refractivity contribution in [2.45, 2.75) is 13.0 Å². The van der Waals surface area contributed by atoms with Gasteiger partial charge in [0.15, 0.2) is 0 Å². The summed E-state index contributed by atoms with van der Waals surface area (Å²) in [5.41, 5.74) is 0.334. The van der Waals surface area contributed by atoms with Gasteiger partial charge in [-0.25, -0.2) is 4.98 Å². The summed E-state index contributed by atoms with van der Waals surface area (Å²) in [6.45, 7) is 1.28. The van der Waals surface area contributed by atoms with Gasteiger partial charge in [-0.05, 0) is 18.6 Å². The third-order valence-corrected chi connectivity index (χ3v) is 2.98. The first-order valence-electron chi connectivity index (χ1n) is 5.73. The molecule has 5 nitrogen and oxygen atoms in total. The molecule has 0 saturated heterocycles. The normalized spacial score (nSPS) is 10.4. The van der Waals surface area contributed by atoms with Gasteiger partial charge < -0.3 is 5.32 Å². The van der Waals surface area contributed by atoms with Crippen LogP contribution in [0.15, 0.2) is 30.7 Å². The van der Waals surface area contributed by atoms with Crippen LogP contribution in [0, 0.1) is 0 Å². The number of nitrogens with one attached hydrogen (secondary N) is 1. The number of carbonyl (C=O) groups excluding carboxylic acids is 1. The lowest BCUT2D eigenvalue weighted by molar-refractivity contribution is 0.0952. The lowest BCUT2D eigenvalue weighted by Gasteiger charge is -2.07. The number of aryl methyl sites for hydroxylation is 1. The second-order valence-corrected chi connectivity index (χ2v) is 4.66. The van der Waals surface area contributed by atoms with Gasteiger partial charge in [0.2, 0.25) is 0 Å². The van der Waals surface area contributed by atoms with Crippen molar-refractivity contribution < 1.29 is 4.79 Å². The van der Waals surface area contributed by atoms with E-state index in [4.69, 9.17) is 23.2 Å². The standard InChI is InChI=1S/C12H12Cl2N4O/c13-10-8-16-11(14)7-9(10)12(19)15-3-1-5-18-6-2-4-17-18/h2,4,6-8H,1,3,5H2,(H,15,19). The average molecular weight is 299 g/mol. The summed E-state index contributed by atoms with van der Waals surface area (Å²) in [7, 11) is 0. The number of aromatic nitrogens is 3. The van der Waals surface area contributed by atoms with Crippen LogP contribution < -0.4 is 5.32 Å². The minimum atomic E-state index is -0.255. The molecule has 0 aliphatic carbocycles. The van der Waals surface area contributed by atoms with E-state index in [0.717, 1.165) is 13.0 Å². The van der Waals surface area contributed by atoms with Crippen molar-refractivity contribution >= 4 is 29.1 Å². The topological polar surface area (TPSA) is 59.8 Å². The van der Waals surface area contributed by atoms with E-state index in [2.05, 4.69) is 15.4 Å². The van der Waals surface area contributed by atoms with Gasteiger partial charge in [-0.3, -0.25) is 9.48 Å². The van der Waals surface area contributed by atoms with Crippen LogP contribution in [-0.2, 0) is 6.54 Å². The Bertz CT molecular complexity index is 557. The quantitative estimate of drug-likeness (QED) is 0.681. The minimum absolute atomic E-state index is 0.242. The summed E-state index contributed by atoms with van der Waals surface area (Å²) in [5, 5.41) is 7.38. The summed E-state index contributed by atoms with van der Waals surface area (Å²) >= 11 is 11.6. The largest absolute Gasteiger partial charge is 0.352 e. The van der Waals surface area contributed by atoms with Gasteiger partial charge in [0, 0.05) is 31.7 Å². The molecule has 0 aliphatic rings. The number of hydrogen-bond donors (Lipinski definition) is 1. The predicted molar refractivity (Wildman–Crippen MR) is 73.4 cm³/mol. The number of halogens is 2. The minimum Gasteiger partial charge on any atom is -0.352 e. The molecule has 0 spiro atoms. The van der Waals surface area contributed by atoms with Crippen molar-refractivity contribution in [1.29, 1.82) is 0 Å². The van der Waals surface area contributed by atoms with E-state index in [1.54, 1.807) is 6.20 Å². The molecule has 0 bridgehead atoms. The van der Waals surface area contributed by atoms with Crippen LogP contribution in [0.5, 0.6) is 0 Å². The predicted octanol–water partition coefficient (Wildman–Crippen LogP) is 2.41. The second-order valence-electron chi connectivity index (χ2n) is 3.87. The molecule has 0 radical (unpaired) electrons. The molecule has 2 rings (SSSR count). The molecule has 0 aromatic carbocycles. The van der Waals surface area contributed by atoms with E-state index in [0.29, 0.717) is 12.1 Å². The second kappa shape index (κ2) is 6.54. The Balaban J connectivity index is 1.82. The summed E-state index contributed by atoms with van der Waals surface area (Å²) in [4.78, 5) is 15.7. The van der Waals surface area contributed by atoms with Gasteiger partial charge >= 0.3 is 0 Å². The Morgan fingerprint density at radius 3 is 3.00 bits per heavy atom. The SMILES string of the molecule is O=C(NCCCn1cccn1)c1cc(Cl)ncc1Cl. The Kier molecular flexibility index (Phi) is 4.76. The fraction of sp³-hybridized carbons (Fsp3) is 0.250. The molecule has 1 N–H and O–H groups in total. The molecule has 0 unspecified atom stereocenters. The maximum Gasteiger partial charge on any atom is 0.252 e. The van der Waals surface area contributed by atoms with Crippen LogP contribution in [0.2, 0.25) is 10.2 Å². The average Bonchev–Trinajstić information content (AvgIpc) is 2.90. The Morgan fingerprint density at radius 2 is 2.26 bits per heavy atom. The third-order valence-electron chi connectivity index (χ3n) is 2.48. The maximum atomic E-state index is 11.9. The van der Waals surface area contributed by atoms with Gasteiger partial charge in [0.05, 0.1) is 10.6 Å². The molecule has 2 heterocycles. The van der Waals surface area contributed by atoms with Gasteiger partial charge in [-0.15, -0.1) is 0 Å². The summed E-state index contributed by atoms with van der Waals surface area (Å²) in [6.07, 6.45) is 5.74. The van der Waals surface area contributed by atoms with Crippen LogP contribution in [0.3, 0.4) is 0 Å². The van der Waals surface area contributed by atoms with Crippen LogP contribution in [0.1, 0.15) is 16.8 Å². The zero-order valence-electron chi connectivity index (χ0n) is 10.0. The first-order chi connectivity index (χ1) is 9.16. The molecule has 0 fully saturated rings. The molecule has 19 heavy (non-hydrogen) atoms. The summed E-state index contributed by atoms with van der Waals surface area (Å²) < 4.78 is 1.81. The molecule has 100 valence electrons. The molecule has 2 aromatic heterocycles. The van der Waals surface area contributed by atoms with Crippen molar-refractivity contribution in [3.63, 3.8) is 0 Å². The highest BCUT2D eigenvalue weighted by Crippen LogP contribution is 2.17. The van der Waals surface area contributed by atoms with Crippen LogP contribution in [0.4, 0.5) is 0 Å². The first-order valence-corrected chi connectivity index (χ1v) is 6.49. The highest BCUT2D eigenvalue weighted by atomic mass is 35.5. The van der Waals surface area contributed by atoms with Gasteiger partial charge in [0.25, 0.3) is 5.91 Å². The van der Waals surface area contributed by atoms with Crippen molar-refractivity contribution in [3.05, 3.63) is 46.5 Å². The van der Waals surface area contributed by atoms with Gasteiger partial charge in [0.1, 0.15) is 5.15 Å². The van der Waals surface area contributed by atoms with E-state index in [9.17, 15) is 4.79 Å². The molecule has 7 heteroatoms. The number of amides is 1. The molecular weight excluding hydrogens is 287 g/mol. The van der Waals surface area contributed by atoms with Crippen molar-refractivity contribution in [2.75, 3.05) is 6.54 Å². The number of hydrogen-bond acceptors (Lipinski definition) is 3. The number of rotatable bonds is 5. The zero-order valence-corrected chi connectivity index (χ0v) is 11.5. The third kappa shape index (κ3) is 3.94. The Hall–Kier alpha value is -1.59. The lowest BCUT2D eigenvalue weighted by Crippen LogP contribution is -2.25. The molecule has 0 saturated carbocycles. The maximum absolute atomic E-state index is 11.9. The van der Waals surface area contributed by atoms with Gasteiger partial charge in [-0.1, -0.05) is 23.2 Å². The molecule has 0 aliphatic heterocycles. The van der Waals surface area contributed by atoms with Crippen molar-refractivity contribution in [2.24, 2.45) is 0 Å². The molecule has 1 amide bonds. The zero-order chi connectivity index (χ0) is 13.7. The van der Waals surface area contributed by atoms with Crippen molar-refractivity contribution in [3.8, 4) is 0 Å². The summed E-state index contributed by atoms with van der Waals surface area (Å²) in [6, 6.07) is 3.31. The Labute approximate surface area is 120 Å². The van der Waals surface area contributed by atoms with Crippen LogP contribution in [-0.4, -0.2) is 27.2 Å². The number of nitrogens with zero attached hydrogens (tertiary/aromatic N) is 3. The molecule has 0 atom stereocenters. The van der Waals surface area contributed by atoms with E-state index >= 15 is 0 Å². The molecular formula is C12H12Cl2N4O. The highest BCUT2D eigenvalue weighted by molar-refractivity contribution is 6.35. The van der Waals surface area contributed by atoms with Gasteiger partial charge in [-0.2, -0.15) is 5.10 Å². The first kappa shape index (κ1) is 13.8. The number of carbonyl (C=O) groups is 1. The number of pyridine rings is 1. The van der Waals surface area contributed by atoms with Crippen molar-refractivity contribution in [1.82, 2.24) is 20.1 Å². The fourth-order valence-electron chi connectivity index (χ4n) is 1.56. The smallest absolute Gasteiger partial charge is 0.252 e. The molecule has 2 aromatic rings. The lowest BCUT2D eigenvalue weighted by atomic mass is 10.2. The monoisotopic (exact) mass is 298 g/mol. The van der Waals surface area contributed by atoms with E-state index in [-0.39, 0.29) is 16.1 Å².